The predicted molar refractivity (Wildman–Crippen MR) is 173 cm³/mol. The SMILES string of the molecule is COc1ccc2[nH]c(C(=O)C[C@@H](Cc3ccccc3)C(=O)N[C@@H](C[C@@H]3CCCNC3=O)C(=O)C(=O)NCc3ccccc3)cc2c1. The number of Topliss-reactive ketones (excluding diaryl/α,β-unsaturated/α-hetero) is 2. The van der Waals surface area contributed by atoms with E-state index >= 15 is 0 Å². The molecule has 10 nitrogen and oxygen atoms in total. The van der Waals surface area contributed by atoms with E-state index in [2.05, 4.69) is 20.9 Å². The smallest absolute Gasteiger partial charge is 0.289 e. The first kappa shape index (κ1) is 32.2. The van der Waals surface area contributed by atoms with Gasteiger partial charge in [-0.05, 0) is 61.1 Å². The maximum atomic E-state index is 13.9. The van der Waals surface area contributed by atoms with Gasteiger partial charge in [0, 0.05) is 42.2 Å². The fraction of sp³-hybridized carbons (Fsp3) is 0.306. The molecule has 5 rings (SSSR count). The molecule has 238 valence electrons. The summed E-state index contributed by atoms with van der Waals surface area (Å²) in [7, 11) is 1.57. The monoisotopic (exact) mass is 622 g/mol. The van der Waals surface area contributed by atoms with Gasteiger partial charge in [0.2, 0.25) is 17.6 Å². The van der Waals surface area contributed by atoms with Crippen LogP contribution >= 0.6 is 0 Å². The van der Waals surface area contributed by atoms with Crippen LogP contribution in [0.25, 0.3) is 10.9 Å². The van der Waals surface area contributed by atoms with Gasteiger partial charge in [0.15, 0.2) is 5.78 Å². The lowest BCUT2D eigenvalue weighted by Crippen LogP contribution is -2.51. The fourth-order valence-electron chi connectivity index (χ4n) is 5.77. The van der Waals surface area contributed by atoms with Gasteiger partial charge in [-0.25, -0.2) is 0 Å². The van der Waals surface area contributed by atoms with Crippen LogP contribution in [0.1, 0.15) is 47.3 Å². The first-order chi connectivity index (χ1) is 22.3. The van der Waals surface area contributed by atoms with Crippen LogP contribution in [0, 0.1) is 11.8 Å². The molecule has 1 aliphatic heterocycles. The molecule has 2 heterocycles. The minimum Gasteiger partial charge on any atom is -0.497 e. The van der Waals surface area contributed by atoms with Crippen molar-refractivity contribution >= 4 is 40.2 Å². The lowest BCUT2D eigenvalue weighted by Gasteiger charge is -2.27. The van der Waals surface area contributed by atoms with Crippen molar-refractivity contribution in [3.8, 4) is 5.75 Å². The van der Waals surface area contributed by atoms with E-state index in [0.29, 0.717) is 24.4 Å². The van der Waals surface area contributed by atoms with Crippen LogP contribution in [0.15, 0.2) is 84.9 Å². The molecule has 46 heavy (non-hydrogen) atoms. The minimum absolute atomic E-state index is 0.0228. The van der Waals surface area contributed by atoms with Gasteiger partial charge in [0.25, 0.3) is 5.91 Å². The number of piperidine rings is 1. The van der Waals surface area contributed by atoms with E-state index in [4.69, 9.17) is 4.74 Å². The second-order valence-electron chi connectivity index (χ2n) is 11.6. The summed E-state index contributed by atoms with van der Waals surface area (Å²) in [4.78, 5) is 69.8. The zero-order valence-corrected chi connectivity index (χ0v) is 25.7. The molecule has 3 amide bonds. The molecule has 1 aromatic heterocycles. The number of aromatic nitrogens is 1. The summed E-state index contributed by atoms with van der Waals surface area (Å²) < 4.78 is 5.29. The van der Waals surface area contributed by atoms with Gasteiger partial charge in [-0.2, -0.15) is 0 Å². The van der Waals surface area contributed by atoms with Crippen molar-refractivity contribution in [2.75, 3.05) is 13.7 Å². The lowest BCUT2D eigenvalue weighted by atomic mass is 9.88. The summed E-state index contributed by atoms with van der Waals surface area (Å²) >= 11 is 0. The van der Waals surface area contributed by atoms with Crippen LogP contribution in [-0.4, -0.2) is 54.0 Å². The molecule has 0 radical (unpaired) electrons. The van der Waals surface area contributed by atoms with E-state index in [1.165, 1.54) is 0 Å². The third-order valence-electron chi connectivity index (χ3n) is 8.33. The lowest BCUT2D eigenvalue weighted by molar-refractivity contribution is -0.141. The number of amides is 3. The number of fused-ring (bicyclic) bond motifs is 1. The number of carbonyl (C=O) groups excluding carboxylic acids is 5. The van der Waals surface area contributed by atoms with E-state index in [0.717, 1.165) is 28.5 Å². The summed E-state index contributed by atoms with van der Waals surface area (Å²) in [6.07, 6.45) is 1.33. The van der Waals surface area contributed by atoms with Gasteiger partial charge in [0.1, 0.15) is 5.75 Å². The maximum absolute atomic E-state index is 13.9. The highest BCUT2D eigenvalue weighted by Gasteiger charge is 2.35. The molecule has 1 saturated heterocycles. The molecular formula is C36H38N4O6. The molecule has 0 spiro atoms. The van der Waals surface area contributed by atoms with Crippen molar-refractivity contribution in [1.82, 2.24) is 20.9 Å². The summed E-state index contributed by atoms with van der Waals surface area (Å²) in [5.41, 5.74) is 2.76. The van der Waals surface area contributed by atoms with Crippen molar-refractivity contribution in [3.05, 3.63) is 102 Å². The van der Waals surface area contributed by atoms with Crippen LogP contribution in [0.4, 0.5) is 0 Å². The summed E-state index contributed by atoms with van der Waals surface area (Å²) in [5, 5.41) is 9.01. The fourth-order valence-corrected chi connectivity index (χ4v) is 5.77. The average Bonchev–Trinajstić information content (AvgIpc) is 3.52. The minimum atomic E-state index is -1.24. The topological polar surface area (TPSA) is 146 Å². The molecule has 10 heteroatoms. The number of ketones is 2. The number of H-pyrrole nitrogens is 1. The number of aromatic amines is 1. The number of carbonyl (C=O) groups is 5. The van der Waals surface area contributed by atoms with Crippen LogP contribution in [-0.2, 0) is 32.1 Å². The maximum Gasteiger partial charge on any atom is 0.289 e. The Balaban J connectivity index is 1.36. The number of benzene rings is 3. The number of hydrogen-bond donors (Lipinski definition) is 4. The molecular weight excluding hydrogens is 584 g/mol. The van der Waals surface area contributed by atoms with E-state index in [-0.39, 0.29) is 37.5 Å². The highest BCUT2D eigenvalue weighted by atomic mass is 16.5. The van der Waals surface area contributed by atoms with Crippen LogP contribution in [0.2, 0.25) is 0 Å². The number of nitrogens with one attached hydrogen (secondary N) is 4. The van der Waals surface area contributed by atoms with Gasteiger partial charge < -0.3 is 25.7 Å². The largest absolute Gasteiger partial charge is 0.497 e. The zero-order chi connectivity index (χ0) is 32.5. The Kier molecular flexibility index (Phi) is 10.6. The quantitative estimate of drug-likeness (QED) is 0.124. The average molecular weight is 623 g/mol. The van der Waals surface area contributed by atoms with Crippen molar-refractivity contribution in [2.24, 2.45) is 11.8 Å². The molecule has 4 N–H and O–H groups in total. The van der Waals surface area contributed by atoms with Crippen molar-refractivity contribution in [1.29, 1.82) is 0 Å². The molecule has 1 aliphatic rings. The highest BCUT2D eigenvalue weighted by molar-refractivity contribution is 6.38. The predicted octanol–water partition coefficient (Wildman–Crippen LogP) is 3.89. The van der Waals surface area contributed by atoms with Gasteiger partial charge in [-0.15, -0.1) is 0 Å². The van der Waals surface area contributed by atoms with E-state index < -0.39 is 35.5 Å². The Morgan fingerprint density at radius 2 is 1.65 bits per heavy atom. The van der Waals surface area contributed by atoms with E-state index in [9.17, 15) is 24.0 Å². The number of ether oxygens (including phenoxy) is 1. The summed E-state index contributed by atoms with van der Waals surface area (Å²) in [6.45, 7) is 0.678. The Morgan fingerprint density at radius 3 is 2.35 bits per heavy atom. The van der Waals surface area contributed by atoms with Gasteiger partial charge in [-0.3, -0.25) is 24.0 Å². The third kappa shape index (κ3) is 8.26. The Morgan fingerprint density at radius 1 is 0.935 bits per heavy atom. The van der Waals surface area contributed by atoms with Gasteiger partial charge in [-0.1, -0.05) is 60.7 Å². The molecule has 3 atom stereocenters. The second-order valence-corrected chi connectivity index (χ2v) is 11.6. The zero-order valence-electron chi connectivity index (χ0n) is 25.7. The molecule has 0 bridgehead atoms. The van der Waals surface area contributed by atoms with Crippen molar-refractivity contribution < 1.29 is 28.7 Å². The number of rotatable bonds is 14. The first-order valence-corrected chi connectivity index (χ1v) is 15.5. The van der Waals surface area contributed by atoms with Gasteiger partial charge >= 0.3 is 0 Å². The highest BCUT2D eigenvalue weighted by Crippen LogP contribution is 2.24. The Hall–Kier alpha value is -5.25. The van der Waals surface area contributed by atoms with Gasteiger partial charge in [0.05, 0.1) is 18.8 Å². The Labute approximate surface area is 267 Å². The standard InChI is InChI=1S/C36H38N4O6/c1-46-28-14-15-29-26(18-28)20-30(39-29)32(41)21-27(17-23-9-4-2-5-10-23)35(44)40-31(19-25-13-8-16-37-34(25)43)33(42)36(45)38-22-24-11-6-3-7-12-24/h2-7,9-12,14-15,18,20,25,27,31,39H,8,13,16-17,19,21-22H2,1H3,(H,37,43)(H,38,45)(H,40,44)/t25-,27+,31-/m0/s1. The second kappa shape index (κ2) is 15.2. The molecule has 1 fully saturated rings. The van der Waals surface area contributed by atoms with Crippen LogP contribution in [0.5, 0.6) is 5.75 Å². The number of hydrogen-bond acceptors (Lipinski definition) is 6. The van der Waals surface area contributed by atoms with Crippen molar-refractivity contribution in [3.63, 3.8) is 0 Å². The van der Waals surface area contributed by atoms with E-state index in [1.807, 2.05) is 72.8 Å². The molecule has 4 aromatic rings. The van der Waals surface area contributed by atoms with Crippen LogP contribution < -0.4 is 20.7 Å². The molecule has 0 unspecified atom stereocenters. The van der Waals surface area contributed by atoms with E-state index in [1.54, 1.807) is 19.2 Å². The third-order valence-corrected chi connectivity index (χ3v) is 8.33. The Bertz CT molecular complexity index is 1700. The van der Waals surface area contributed by atoms with Crippen molar-refractivity contribution in [2.45, 2.75) is 44.7 Å². The summed E-state index contributed by atoms with van der Waals surface area (Å²) in [6, 6.07) is 24.4. The number of methoxy groups -OCH3 is 1. The molecule has 0 aliphatic carbocycles. The summed E-state index contributed by atoms with van der Waals surface area (Å²) in [5.74, 6) is -3.45. The normalized spacial score (nSPS) is 15.8. The van der Waals surface area contributed by atoms with Crippen LogP contribution in [0.3, 0.4) is 0 Å². The molecule has 3 aromatic carbocycles. The molecule has 0 saturated carbocycles. The first-order valence-electron chi connectivity index (χ1n) is 15.5.